The molecule has 0 spiro atoms. The third kappa shape index (κ3) is 3.37. The Balaban J connectivity index is 1.91. The van der Waals surface area contributed by atoms with Crippen molar-refractivity contribution in [3.05, 3.63) is 112 Å². The van der Waals surface area contributed by atoms with Gasteiger partial charge in [0, 0.05) is 17.0 Å². The Morgan fingerprint density at radius 3 is 1.72 bits per heavy atom. The van der Waals surface area contributed by atoms with Crippen LogP contribution in [0.4, 0.5) is 0 Å². The average molecular weight is 485 g/mol. The van der Waals surface area contributed by atoms with E-state index in [1.165, 1.54) is 0 Å². The monoisotopic (exact) mass is 484 g/mol. The summed E-state index contributed by atoms with van der Waals surface area (Å²) in [5, 5.41) is 26.2. The number of methoxy groups -OCH3 is 1. The molecule has 0 atom stereocenters. The molecule has 0 aromatic heterocycles. The molecule has 0 amide bonds. The minimum atomic E-state index is -0.408. The van der Waals surface area contributed by atoms with Gasteiger partial charge in [0.05, 0.1) is 11.6 Å². The smallest absolute Gasteiger partial charge is 0.133 e. The predicted octanol–water partition coefficient (Wildman–Crippen LogP) is 7.36. The van der Waals surface area contributed by atoms with Gasteiger partial charge in [-0.15, -0.1) is 0 Å². The van der Waals surface area contributed by atoms with Crippen molar-refractivity contribution in [2.75, 3.05) is 7.11 Å². The maximum atomic E-state index is 11.1. The molecule has 4 heteroatoms. The molecule has 0 aliphatic carbocycles. The minimum absolute atomic E-state index is 0.188. The molecule has 0 heterocycles. The number of benzene rings is 5. The molecule has 0 aliphatic heterocycles. The van der Waals surface area contributed by atoms with Crippen molar-refractivity contribution in [2.45, 2.75) is 5.92 Å². The molecule has 0 saturated heterocycles. The topological polar surface area (TPSA) is 49.7 Å². The van der Waals surface area contributed by atoms with E-state index >= 15 is 0 Å². The normalized spacial score (nSPS) is 11.3. The van der Waals surface area contributed by atoms with Gasteiger partial charge < -0.3 is 14.9 Å². The van der Waals surface area contributed by atoms with Crippen molar-refractivity contribution >= 4 is 37.5 Å². The molecular weight excluding hydrogens is 464 g/mol. The molecule has 0 unspecified atom stereocenters. The summed E-state index contributed by atoms with van der Waals surface area (Å²) in [4.78, 5) is 0. The highest BCUT2D eigenvalue weighted by Crippen LogP contribution is 2.47. The lowest BCUT2D eigenvalue weighted by molar-refractivity contribution is 0.412. The average Bonchev–Trinajstić information content (AvgIpc) is 2.82. The Labute approximate surface area is 194 Å². The molecule has 5 aromatic rings. The van der Waals surface area contributed by atoms with E-state index < -0.39 is 5.92 Å². The Hall–Kier alpha value is -3.50. The van der Waals surface area contributed by atoms with Gasteiger partial charge in [-0.25, -0.2) is 0 Å². The van der Waals surface area contributed by atoms with Gasteiger partial charge >= 0.3 is 0 Å². The molecule has 0 saturated carbocycles. The van der Waals surface area contributed by atoms with Crippen LogP contribution in [0.1, 0.15) is 22.6 Å². The zero-order valence-electron chi connectivity index (χ0n) is 17.4. The highest BCUT2D eigenvalue weighted by molar-refractivity contribution is 9.10. The molecule has 5 aromatic carbocycles. The number of ether oxygens (including phenoxy) is 1. The van der Waals surface area contributed by atoms with Gasteiger partial charge in [-0.3, -0.25) is 0 Å². The molecule has 32 heavy (non-hydrogen) atoms. The number of aromatic hydroxyl groups is 2. The number of phenolic OH excluding ortho intramolecular Hbond substituents is 2. The quantitative estimate of drug-likeness (QED) is 0.262. The van der Waals surface area contributed by atoms with E-state index in [-0.39, 0.29) is 11.5 Å². The van der Waals surface area contributed by atoms with Gasteiger partial charge in [0.2, 0.25) is 0 Å². The van der Waals surface area contributed by atoms with Gasteiger partial charge in [0.15, 0.2) is 0 Å². The van der Waals surface area contributed by atoms with Crippen molar-refractivity contribution in [3.63, 3.8) is 0 Å². The minimum Gasteiger partial charge on any atom is -0.508 e. The number of hydrogen-bond donors (Lipinski definition) is 2. The van der Waals surface area contributed by atoms with Crippen molar-refractivity contribution in [3.8, 4) is 17.2 Å². The molecule has 0 radical (unpaired) electrons. The number of fused-ring (bicyclic) bond motifs is 2. The van der Waals surface area contributed by atoms with E-state index in [1.54, 1.807) is 19.2 Å². The SMILES string of the molecule is COc1ccc(C(c2c(O)ccc3ccccc23)c2c(O)ccc3ccccc23)cc1Br. The van der Waals surface area contributed by atoms with Crippen LogP contribution in [0.25, 0.3) is 21.5 Å². The van der Waals surface area contributed by atoms with Crippen LogP contribution in [0.2, 0.25) is 0 Å². The van der Waals surface area contributed by atoms with Gasteiger partial charge in [-0.1, -0.05) is 66.7 Å². The Bertz CT molecular complexity index is 1370. The standard InChI is InChI=1S/C28H21BrO3/c1-32-25-15-12-19(16-22(25)29)26(27-20-8-4-2-6-17(20)10-13-23(27)30)28-21-9-5-3-7-18(21)11-14-24(28)31/h2-16,26,30-31H,1H3. The van der Waals surface area contributed by atoms with Crippen LogP contribution in [-0.4, -0.2) is 17.3 Å². The summed E-state index contributed by atoms with van der Waals surface area (Å²) in [6.07, 6.45) is 0. The van der Waals surface area contributed by atoms with Crippen LogP contribution in [-0.2, 0) is 0 Å². The summed E-state index contributed by atoms with van der Waals surface area (Å²) >= 11 is 3.61. The van der Waals surface area contributed by atoms with Crippen LogP contribution in [0, 0.1) is 0 Å². The summed E-state index contributed by atoms with van der Waals surface area (Å²) in [7, 11) is 1.63. The van der Waals surface area contributed by atoms with Crippen LogP contribution in [0.15, 0.2) is 95.5 Å². The van der Waals surface area contributed by atoms with Gasteiger partial charge in [-0.2, -0.15) is 0 Å². The summed E-state index contributed by atoms with van der Waals surface area (Å²) in [6.45, 7) is 0. The van der Waals surface area contributed by atoms with Crippen molar-refractivity contribution in [1.29, 1.82) is 0 Å². The first kappa shape index (κ1) is 20.4. The fraction of sp³-hybridized carbons (Fsp3) is 0.0714. The van der Waals surface area contributed by atoms with Crippen molar-refractivity contribution < 1.29 is 14.9 Å². The van der Waals surface area contributed by atoms with Crippen LogP contribution in [0.5, 0.6) is 17.2 Å². The zero-order valence-corrected chi connectivity index (χ0v) is 19.0. The summed E-state index contributed by atoms with van der Waals surface area (Å²) in [6, 6.07) is 29.1. The molecule has 0 aliphatic rings. The second-order valence-corrected chi connectivity index (χ2v) is 8.62. The van der Waals surface area contributed by atoms with E-state index in [4.69, 9.17) is 4.74 Å². The molecule has 2 N–H and O–H groups in total. The Morgan fingerprint density at radius 2 is 1.22 bits per heavy atom. The first-order valence-corrected chi connectivity index (χ1v) is 11.1. The molecular formula is C28H21BrO3. The first-order valence-electron chi connectivity index (χ1n) is 10.3. The zero-order chi connectivity index (χ0) is 22.2. The molecule has 3 nitrogen and oxygen atoms in total. The van der Waals surface area contributed by atoms with Gasteiger partial charge in [0.25, 0.3) is 0 Å². The van der Waals surface area contributed by atoms with Crippen molar-refractivity contribution in [2.24, 2.45) is 0 Å². The maximum Gasteiger partial charge on any atom is 0.133 e. The van der Waals surface area contributed by atoms with E-state index in [1.807, 2.05) is 78.9 Å². The molecule has 158 valence electrons. The number of rotatable bonds is 4. The molecule has 0 fully saturated rings. The first-order chi connectivity index (χ1) is 15.6. The third-order valence-corrected chi connectivity index (χ3v) is 6.60. The van der Waals surface area contributed by atoms with Crippen molar-refractivity contribution in [1.82, 2.24) is 0 Å². The molecule has 0 bridgehead atoms. The van der Waals surface area contributed by atoms with E-state index in [0.717, 1.165) is 48.5 Å². The fourth-order valence-electron chi connectivity index (χ4n) is 4.51. The highest BCUT2D eigenvalue weighted by atomic mass is 79.9. The third-order valence-electron chi connectivity index (χ3n) is 5.98. The lowest BCUT2D eigenvalue weighted by Crippen LogP contribution is -2.06. The number of halogens is 1. The lowest BCUT2D eigenvalue weighted by Gasteiger charge is -2.25. The van der Waals surface area contributed by atoms with E-state index in [0.29, 0.717) is 0 Å². The van der Waals surface area contributed by atoms with E-state index in [9.17, 15) is 10.2 Å². The predicted molar refractivity (Wildman–Crippen MR) is 133 cm³/mol. The van der Waals surface area contributed by atoms with Gasteiger partial charge in [0.1, 0.15) is 17.2 Å². The number of phenols is 2. The largest absolute Gasteiger partial charge is 0.508 e. The van der Waals surface area contributed by atoms with E-state index in [2.05, 4.69) is 15.9 Å². The second kappa shape index (κ2) is 8.21. The van der Waals surface area contributed by atoms with Crippen LogP contribution in [0.3, 0.4) is 0 Å². The maximum absolute atomic E-state index is 11.1. The molecule has 5 rings (SSSR count). The van der Waals surface area contributed by atoms with Crippen LogP contribution < -0.4 is 4.74 Å². The second-order valence-electron chi connectivity index (χ2n) is 7.77. The highest BCUT2D eigenvalue weighted by Gasteiger charge is 2.27. The van der Waals surface area contributed by atoms with Crippen LogP contribution >= 0.6 is 15.9 Å². The summed E-state index contributed by atoms with van der Waals surface area (Å²) in [5.41, 5.74) is 2.44. The summed E-state index contributed by atoms with van der Waals surface area (Å²) < 4.78 is 6.24. The van der Waals surface area contributed by atoms with Gasteiger partial charge in [-0.05, 0) is 67.3 Å². The number of hydrogen-bond acceptors (Lipinski definition) is 3. The fourth-order valence-corrected chi connectivity index (χ4v) is 5.07. The Kier molecular flexibility index (Phi) is 5.24. The summed E-state index contributed by atoms with van der Waals surface area (Å²) in [5.74, 6) is 0.687. The Morgan fingerprint density at radius 1 is 0.688 bits per heavy atom. The lowest BCUT2D eigenvalue weighted by atomic mass is 9.80.